The summed E-state index contributed by atoms with van der Waals surface area (Å²) in [4.78, 5) is 15.1. The first kappa shape index (κ1) is 25.6. The second kappa shape index (κ2) is 11.1. The van der Waals surface area contributed by atoms with E-state index in [0.717, 1.165) is 32.7 Å². The van der Waals surface area contributed by atoms with Gasteiger partial charge in [-0.3, -0.25) is 13.3 Å². The average molecular weight is 524 g/mol. The molecule has 10 heteroatoms. The first-order valence-corrected chi connectivity index (χ1v) is 12.9. The number of amides is 1. The van der Waals surface area contributed by atoms with Crippen LogP contribution in [-0.4, -0.2) is 35.4 Å². The number of anilines is 2. The van der Waals surface area contributed by atoms with Gasteiger partial charge in [0.15, 0.2) is 5.82 Å². The minimum atomic E-state index is -2.77. The van der Waals surface area contributed by atoms with Crippen molar-refractivity contribution in [2.45, 2.75) is 26.3 Å². The molecule has 2 unspecified atom stereocenters. The molecule has 0 fully saturated rings. The summed E-state index contributed by atoms with van der Waals surface area (Å²) in [5.41, 5.74) is 3.35. The van der Waals surface area contributed by atoms with E-state index in [9.17, 15) is 17.9 Å². The largest absolute Gasteiger partial charge is 0.755 e. The lowest BCUT2D eigenvalue weighted by molar-refractivity contribution is 0.0743. The van der Waals surface area contributed by atoms with Crippen molar-refractivity contribution in [3.8, 4) is 0 Å². The lowest BCUT2D eigenvalue weighted by Gasteiger charge is -2.30. The van der Waals surface area contributed by atoms with Crippen molar-refractivity contribution in [2.24, 2.45) is 0 Å². The smallest absolute Gasteiger partial charge is 0.256 e. The molecule has 0 saturated carbocycles. The molecule has 0 aliphatic carbocycles. The number of hydrogen-bond acceptors (Lipinski definition) is 6. The third-order valence-electron chi connectivity index (χ3n) is 5.95. The SMILES string of the molecule is Cc1ccc(C(=O)N(C)C(C)c2ccc(F)cc2)c(N(c2nsnc2Cc2ccccc2)S(=O)[O-])c1. The molecule has 3 aromatic carbocycles. The Bertz CT molecular complexity index is 1380. The van der Waals surface area contributed by atoms with E-state index in [1.807, 2.05) is 44.2 Å². The van der Waals surface area contributed by atoms with E-state index < -0.39 is 11.3 Å². The van der Waals surface area contributed by atoms with Crippen molar-refractivity contribution in [1.29, 1.82) is 0 Å². The molecule has 0 saturated heterocycles. The summed E-state index contributed by atoms with van der Waals surface area (Å²) in [6.07, 6.45) is 0.386. The topological polar surface area (TPSA) is 89.5 Å². The Balaban J connectivity index is 1.73. The molecule has 1 amide bonds. The van der Waals surface area contributed by atoms with E-state index in [1.165, 1.54) is 17.0 Å². The van der Waals surface area contributed by atoms with Crippen LogP contribution in [0.4, 0.5) is 15.9 Å². The van der Waals surface area contributed by atoms with Crippen LogP contribution in [0.25, 0.3) is 0 Å². The standard InChI is InChI=1S/C26H25FN4O3S2/c1-17-9-14-22(26(32)30(3)18(2)20-10-12-21(27)13-11-20)24(15-17)31(36(33)34)25-23(28-35-29-25)16-19-7-5-4-6-8-19/h4-15,18H,16H2,1-3H3,(H,33,34)/p-1. The normalized spacial score (nSPS) is 12.7. The van der Waals surface area contributed by atoms with E-state index in [4.69, 9.17) is 0 Å². The van der Waals surface area contributed by atoms with Crippen LogP contribution < -0.4 is 4.31 Å². The van der Waals surface area contributed by atoms with Crippen LogP contribution in [0.15, 0.2) is 72.8 Å². The molecule has 0 spiro atoms. The van der Waals surface area contributed by atoms with Gasteiger partial charge in [-0.1, -0.05) is 48.5 Å². The molecule has 0 radical (unpaired) electrons. The number of aryl methyl sites for hydroxylation is 1. The summed E-state index contributed by atoms with van der Waals surface area (Å²) in [7, 11) is 1.63. The number of nitrogens with zero attached hydrogens (tertiary/aromatic N) is 4. The molecule has 0 aliphatic rings. The zero-order chi connectivity index (χ0) is 25.8. The molecule has 4 rings (SSSR count). The van der Waals surface area contributed by atoms with Crippen molar-refractivity contribution in [3.63, 3.8) is 0 Å². The van der Waals surface area contributed by atoms with Crippen LogP contribution >= 0.6 is 11.7 Å². The van der Waals surface area contributed by atoms with Gasteiger partial charge in [0, 0.05) is 13.5 Å². The minimum Gasteiger partial charge on any atom is -0.755 e. The summed E-state index contributed by atoms with van der Waals surface area (Å²) in [5, 5.41) is 0. The third-order valence-corrected chi connectivity index (χ3v) is 7.17. The number of aromatic nitrogens is 2. The third kappa shape index (κ3) is 5.51. The molecule has 186 valence electrons. The fourth-order valence-corrected chi connectivity index (χ4v) is 5.04. The maximum atomic E-state index is 13.6. The van der Waals surface area contributed by atoms with Crippen molar-refractivity contribution in [3.05, 3.63) is 107 Å². The lowest BCUT2D eigenvalue weighted by Crippen LogP contribution is -2.32. The van der Waals surface area contributed by atoms with Crippen molar-refractivity contribution < 1.29 is 17.9 Å². The first-order valence-electron chi connectivity index (χ1n) is 11.1. The minimum absolute atomic E-state index is 0.158. The van der Waals surface area contributed by atoms with Gasteiger partial charge in [0.05, 0.1) is 40.3 Å². The monoisotopic (exact) mass is 523 g/mol. The maximum Gasteiger partial charge on any atom is 0.256 e. The van der Waals surface area contributed by atoms with Gasteiger partial charge in [-0.15, -0.1) is 0 Å². The molecule has 0 N–H and O–H groups in total. The van der Waals surface area contributed by atoms with E-state index in [0.29, 0.717) is 12.1 Å². The number of carbonyl (C=O) groups is 1. The molecule has 2 atom stereocenters. The highest BCUT2D eigenvalue weighted by atomic mass is 32.2. The summed E-state index contributed by atoms with van der Waals surface area (Å²) >= 11 is -1.86. The summed E-state index contributed by atoms with van der Waals surface area (Å²) in [5.74, 6) is -0.589. The Hall–Kier alpha value is -3.47. The molecule has 1 heterocycles. The van der Waals surface area contributed by atoms with Gasteiger partial charge in [-0.25, -0.2) is 4.39 Å². The van der Waals surface area contributed by atoms with Crippen LogP contribution in [0.1, 0.15) is 45.7 Å². The number of halogens is 1. The van der Waals surface area contributed by atoms with Crippen LogP contribution in [0, 0.1) is 12.7 Å². The second-order valence-electron chi connectivity index (χ2n) is 8.37. The van der Waals surface area contributed by atoms with Gasteiger partial charge in [-0.05, 0) is 54.8 Å². The molecular weight excluding hydrogens is 499 g/mol. The quantitative estimate of drug-likeness (QED) is 0.291. The Morgan fingerprint density at radius 3 is 2.44 bits per heavy atom. The zero-order valence-corrected chi connectivity index (χ0v) is 21.6. The maximum absolute atomic E-state index is 13.6. The molecule has 36 heavy (non-hydrogen) atoms. The van der Waals surface area contributed by atoms with Gasteiger partial charge in [0.2, 0.25) is 0 Å². The first-order chi connectivity index (χ1) is 17.3. The molecule has 1 aromatic heterocycles. The van der Waals surface area contributed by atoms with Crippen molar-refractivity contribution in [1.82, 2.24) is 13.6 Å². The van der Waals surface area contributed by atoms with Crippen LogP contribution in [0.5, 0.6) is 0 Å². The van der Waals surface area contributed by atoms with E-state index in [-0.39, 0.29) is 34.8 Å². The average Bonchev–Trinajstić information content (AvgIpc) is 3.31. The van der Waals surface area contributed by atoms with Crippen molar-refractivity contribution in [2.75, 3.05) is 11.4 Å². The van der Waals surface area contributed by atoms with Crippen molar-refractivity contribution >= 4 is 40.4 Å². The molecule has 4 aromatic rings. The Kier molecular flexibility index (Phi) is 7.88. The van der Waals surface area contributed by atoms with Gasteiger partial charge in [0.25, 0.3) is 5.91 Å². The highest BCUT2D eigenvalue weighted by Crippen LogP contribution is 2.34. The fraction of sp³-hybridized carbons (Fsp3) is 0.192. The number of hydrogen-bond donors (Lipinski definition) is 0. The molecular formula is C26H24FN4O3S2-. The Labute approximate surface area is 216 Å². The number of carbonyl (C=O) groups excluding carboxylic acids is 1. The van der Waals surface area contributed by atoms with Gasteiger partial charge in [-0.2, -0.15) is 8.75 Å². The summed E-state index contributed by atoms with van der Waals surface area (Å²) < 4.78 is 48.1. The van der Waals surface area contributed by atoms with Gasteiger partial charge >= 0.3 is 0 Å². The molecule has 7 nitrogen and oxygen atoms in total. The van der Waals surface area contributed by atoms with E-state index in [2.05, 4.69) is 8.75 Å². The lowest BCUT2D eigenvalue weighted by atomic mass is 10.0. The Morgan fingerprint density at radius 2 is 1.78 bits per heavy atom. The number of benzene rings is 3. The highest BCUT2D eigenvalue weighted by Gasteiger charge is 2.27. The highest BCUT2D eigenvalue weighted by molar-refractivity contribution is 7.81. The second-order valence-corrected chi connectivity index (χ2v) is 9.70. The van der Waals surface area contributed by atoms with E-state index >= 15 is 0 Å². The molecule has 0 bridgehead atoms. The number of rotatable bonds is 8. The van der Waals surface area contributed by atoms with Gasteiger partial charge in [0.1, 0.15) is 11.5 Å². The zero-order valence-electron chi connectivity index (χ0n) is 19.9. The van der Waals surface area contributed by atoms with Crippen LogP contribution in [-0.2, 0) is 17.7 Å². The van der Waals surface area contributed by atoms with Gasteiger partial charge < -0.3 is 9.45 Å². The summed E-state index contributed by atoms with van der Waals surface area (Å²) in [6.45, 7) is 3.64. The Morgan fingerprint density at radius 1 is 1.08 bits per heavy atom. The molecule has 0 aliphatic heterocycles. The predicted molar refractivity (Wildman–Crippen MR) is 138 cm³/mol. The van der Waals surface area contributed by atoms with E-state index in [1.54, 1.807) is 37.4 Å². The summed E-state index contributed by atoms with van der Waals surface area (Å²) in [6, 6.07) is 20.1. The fourth-order valence-electron chi connectivity index (χ4n) is 3.84. The van der Waals surface area contributed by atoms with Crippen LogP contribution in [0.2, 0.25) is 0 Å². The van der Waals surface area contributed by atoms with Crippen LogP contribution in [0.3, 0.4) is 0 Å². The predicted octanol–water partition coefficient (Wildman–Crippen LogP) is 5.34.